The zero-order valence-corrected chi connectivity index (χ0v) is 9.33. The molecule has 17 heavy (non-hydrogen) atoms. The third-order valence-electron chi connectivity index (χ3n) is 2.40. The molecule has 1 aromatic heterocycles. The molecule has 2 rings (SSSR count). The van der Waals surface area contributed by atoms with Crippen molar-refractivity contribution in [1.82, 2.24) is 9.55 Å². The Morgan fingerprint density at radius 3 is 2.65 bits per heavy atom. The highest BCUT2D eigenvalue weighted by molar-refractivity contribution is 5.87. The molecule has 0 aliphatic rings. The number of carboxylic acids is 1. The van der Waals surface area contributed by atoms with Crippen LogP contribution in [0.1, 0.15) is 16.1 Å². The Morgan fingerprint density at radius 2 is 2.12 bits per heavy atom. The van der Waals surface area contributed by atoms with Crippen molar-refractivity contribution in [3.05, 3.63) is 48.0 Å². The van der Waals surface area contributed by atoms with Crippen LogP contribution in [-0.4, -0.2) is 20.6 Å². The summed E-state index contributed by atoms with van der Waals surface area (Å²) >= 11 is 0. The fraction of sp³-hybridized carbons (Fsp3) is 0.167. The molecule has 0 atom stereocenters. The number of nitrogens with zero attached hydrogens (tertiary/aromatic N) is 2. The van der Waals surface area contributed by atoms with Crippen LogP contribution in [0.25, 0.3) is 0 Å². The van der Waals surface area contributed by atoms with E-state index in [9.17, 15) is 4.79 Å². The smallest absolute Gasteiger partial charge is 0.335 e. The molecule has 2 aromatic rings. The summed E-state index contributed by atoms with van der Waals surface area (Å²) < 4.78 is 7.38. The minimum Gasteiger partial charge on any atom is -0.487 e. The SMILES string of the molecule is Cn1cncc1COc1ccc(C(=O)O)cc1. The third kappa shape index (κ3) is 2.63. The number of imidazole rings is 1. The second-order valence-corrected chi connectivity index (χ2v) is 3.61. The monoisotopic (exact) mass is 232 g/mol. The molecule has 0 aliphatic heterocycles. The van der Waals surface area contributed by atoms with Gasteiger partial charge in [-0.15, -0.1) is 0 Å². The molecule has 88 valence electrons. The van der Waals surface area contributed by atoms with E-state index in [4.69, 9.17) is 9.84 Å². The van der Waals surface area contributed by atoms with Crippen molar-refractivity contribution in [3.63, 3.8) is 0 Å². The van der Waals surface area contributed by atoms with Gasteiger partial charge in [-0.2, -0.15) is 0 Å². The topological polar surface area (TPSA) is 64.4 Å². The molecule has 0 aliphatic carbocycles. The van der Waals surface area contributed by atoms with Crippen LogP contribution < -0.4 is 4.74 Å². The Balaban J connectivity index is 2.00. The average molecular weight is 232 g/mol. The normalized spacial score (nSPS) is 10.2. The Morgan fingerprint density at radius 1 is 1.41 bits per heavy atom. The largest absolute Gasteiger partial charge is 0.487 e. The summed E-state index contributed by atoms with van der Waals surface area (Å²) in [7, 11) is 1.89. The highest BCUT2D eigenvalue weighted by atomic mass is 16.5. The molecule has 1 aromatic carbocycles. The first-order valence-corrected chi connectivity index (χ1v) is 5.08. The number of aromatic nitrogens is 2. The van der Waals surface area contributed by atoms with Crippen LogP contribution in [0.15, 0.2) is 36.8 Å². The van der Waals surface area contributed by atoms with Gasteiger partial charge in [0.1, 0.15) is 12.4 Å². The van der Waals surface area contributed by atoms with Crippen molar-refractivity contribution in [3.8, 4) is 5.75 Å². The quantitative estimate of drug-likeness (QED) is 0.871. The number of ether oxygens (including phenoxy) is 1. The van der Waals surface area contributed by atoms with Gasteiger partial charge in [0.15, 0.2) is 0 Å². The first kappa shape index (κ1) is 11.2. The van der Waals surface area contributed by atoms with Crippen LogP contribution in [0, 0.1) is 0 Å². The van der Waals surface area contributed by atoms with E-state index in [1.54, 1.807) is 24.7 Å². The second-order valence-electron chi connectivity index (χ2n) is 3.61. The van der Waals surface area contributed by atoms with E-state index in [0.29, 0.717) is 12.4 Å². The predicted molar refractivity (Wildman–Crippen MR) is 60.9 cm³/mol. The van der Waals surface area contributed by atoms with Gasteiger partial charge in [-0.3, -0.25) is 0 Å². The van der Waals surface area contributed by atoms with Crippen LogP contribution in [0.3, 0.4) is 0 Å². The summed E-state index contributed by atoms with van der Waals surface area (Å²) in [5.41, 5.74) is 1.20. The van der Waals surface area contributed by atoms with Crippen LogP contribution in [-0.2, 0) is 13.7 Å². The lowest BCUT2D eigenvalue weighted by Gasteiger charge is -2.06. The van der Waals surface area contributed by atoms with E-state index in [2.05, 4.69) is 4.98 Å². The fourth-order valence-corrected chi connectivity index (χ4v) is 1.37. The van der Waals surface area contributed by atoms with Gasteiger partial charge in [-0.05, 0) is 24.3 Å². The van der Waals surface area contributed by atoms with Gasteiger partial charge in [-0.1, -0.05) is 0 Å². The molecule has 0 unspecified atom stereocenters. The Labute approximate surface area is 98.3 Å². The molecule has 0 bridgehead atoms. The molecule has 0 amide bonds. The molecule has 0 spiro atoms. The van der Waals surface area contributed by atoms with Crippen LogP contribution in [0.5, 0.6) is 5.75 Å². The number of benzene rings is 1. The van der Waals surface area contributed by atoms with E-state index in [-0.39, 0.29) is 5.56 Å². The van der Waals surface area contributed by atoms with E-state index in [0.717, 1.165) is 5.69 Å². The van der Waals surface area contributed by atoms with Gasteiger partial charge in [0.2, 0.25) is 0 Å². The molecule has 0 saturated heterocycles. The van der Waals surface area contributed by atoms with Crippen molar-refractivity contribution in [2.75, 3.05) is 0 Å². The van der Waals surface area contributed by atoms with Gasteiger partial charge in [0.05, 0.1) is 23.8 Å². The lowest BCUT2D eigenvalue weighted by Crippen LogP contribution is -2.01. The minimum atomic E-state index is -0.941. The third-order valence-corrected chi connectivity index (χ3v) is 2.40. The van der Waals surface area contributed by atoms with Crippen LogP contribution in [0.2, 0.25) is 0 Å². The highest BCUT2D eigenvalue weighted by Gasteiger charge is 2.03. The first-order chi connectivity index (χ1) is 8.16. The molecule has 0 radical (unpaired) electrons. The number of hydrogen-bond donors (Lipinski definition) is 1. The molecular weight excluding hydrogens is 220 g/mol. The standard InChI is InChI=1S/C12H12N2O3/c1-14-8-13-6-10(14)7-17-11-4-2-9(3-5-11)12(15)16/h2-6,8H,7H2,1H3,(H,15,16). The number of carbonyl (C=O) groups is 1. The molecular formula is C12H12N2O3. The summed E-state index contributed by atoms with van der Waals surface area (Å²) in [6.45, 7) is 0.406. The molecule has 1 N–H and O–H groups in total. The Hall–Kier alpha value is -2.30. The van der Waals surface area contributed by atoms with E-state index in [1.807, 2.05) is 11.6 Å². The summed E-state index contributed by atoms with van der Waals surface area (Å²) in [6, 6.07) is 6.31. The lowest BCUT2D eigenvalue weighted by molar-refractivity contribution is 0.0697. The van der Waals surface area contributed by atoms with Crippen molar-refractivity contribution < 1.29 is 14.6 Å². The van der Waals surface area contributed by atoms with E-state index in [1.165, 1.54) is 12.1 Å². The second kappa shape index (κ2) is 4.69. The maximum Gasteiger partial charge on any atom is 0.335 e. The zero-order valence-electron chi connectivity index (χ0n) is 9.33. The van der Waals surface area contributed by atoms with E-state index < -0.39 is 5.97 Å². The maximum absolute atomic E-state index is 10.6. The Kier molecular flexibility index (Phi) is 3.09. The Bertz CT molecular complexity index is 517. The molecule has 0 fully saturated rings. The van der Waals surface area contributed by atoms with Crippen LogP contribution in [0.4, 0.5) is 0 Å². The summed E-state index contributed by atoms with van der Waals surface area (Å²) in [6.07, 6.45) is 3.43. The fourth-order valence-electron chi connectivity index (χ4n) is 1.37. The number of aromatic carboxylic acids is 1. The summed E-state index contributed by atoms with van der Waals surface area (Å²) in [4.78, 5) is 14.6. The van der Waals surface area contributed by atoms with Crippen LogP contribution >= 0.6 is 0 Å². The first-order valence-electron chi connectivity index (χ1n) is 5.08. The van der Waals surface area contributed by atoms with Crippen molar-refractivity contribution in [1.29, 1.82) is 0 Å². The minimum absolute atomic E-state index is 0.248. The van der Waals surface area contributed by atoms with Gasteiger partial charge in [0, 0.05) is 7.05 Å². The maximum atomic E-state index is 10.6. The number of carboxylic acid groups (broad SMARTS) is 1. The van der Waals surface area contributed by atoms with Gasteiger partial charge in [-0.25, -0.2) is 9.78 Å². The molecule has 5 heteroatoms. The zero-order chi connectivity index (χ0) is 12.3. The number of rotatable bonds is 4. The molecule has 0 saturated carbocycles. The van der Waals surface area contributed by atoms with Gasteiger partial charge < -0.3 is 14.4 Å². The van der Waals surface area contributed by atoms with Crippen molar-refractivity contribution in [2.45, 2.75) is 6.61 Å². The predicted octanol–water partition coefficient (Wildman–Crippen LogP) is 1.70. The lowest BCUT2D eigenvalue weighted by atomic mass is 10.2. The molecule has 5 nitrogen and oxygen atoms in total. The van der Waals surface area contributed by atoms with Crippen molar-refractivity contribution in [2.24, 2.45) is 7.05 Å². The average Bonchev–Trinajstić information content (AvgIpc) is 2.73. The van der Waals surface area contributed by atoms with Gasteiger partial charge >= 0.3 is 5.97 Å². The van der Waals surface area contributed by atoms with Gasteiger partial charge in [0.25, 0.3) is 0 Å². The number of hydrogen-bond acceptors (Lipinski definition) is 3. The number of aryl methyl sites for hydroxylation is 1. The summed E-state index contributed by atoms with van der Waals surface area (Å²) in [5.74, 6) is -0.306. The summed E-state index contributed by atoms with van der Waals surface area (Å²) in [5, 5.41) is 8.74. The highest BCUT2D eigenvalue weighted by Crippen LogP contribution is 2.13. The molecule has 1 heterocycles. The van der Waals surface area contributed by atoms with Crippen molar-refractivity contribution >= 4 is 5.97 Å². The van der Waals surface area contributed by atoms with E-state index >= 15 is 0 Å².